The van der Waals surface area contributed by atoms with Gasteiger partial charge < -0.3 is 20.5 Å². The molecule has 0 aromatic heterocycles. The van der Waals surface area contributed by atoms with E-state index in [4.69, 9.17) is 15.2 Å². The number of nitrogens with two attached hydrogens (primary N) is 1. The molecule has 1 aliphatic heterocycles. The Balaban J connectivity index is 2.09. The minimum absolute atomic E-state index is 0.239. The van der Waals surface area contributed by atoms with Crippen molar-refractivity contribution in [1.29, 1.82) is 0 Å². The van der Waals surface area contributed by atoms with E-state index >= 15 is 0 Å². The highest BCUT2D eigenvalue weighted by Crippen LogP contribution is 2.39. The largest absolute Gasteiger partial charge is 0.493 e. The molecule has 6 heteroatoms. The molecule has 3 N–H and O–H groups in total. The fourth-order valence-corrected chi connectivity index (χ4v) is 2.94. The Morgan fingerprint density at radius 2 is 2.22 bits per heavy atom. The molecule has 0 radical (unpaired) electrons. The molecule has 0 saturated heterocycles. The first-order chi connectivity index (χ1) is 12.8. The quantitative estimate of drug-likeness (QED) is 0.558. The summed E-state index contributed by atoms with van der Waals surface area (Å²) in [6, 6.07) is 6.19. The summed E-state index contributed by atoms with van der Waals surface area (Å²) in [7, 11) is 0. The summed E-state index contributed by atoms with van der Waals surface area (Å²) in [5, 5.41) is 3.41. The maximum absolute atomic E-state index is 11.8. The number of nitrogens with zero attached hydrogens (tertiary/aromatic N) is 1. The highest BCUT2D eigenvalue weighted by atomic mass is 16.6. The van der Waals surface area contributed by atoms with Gasteiger partial charge in [-0.3, -0.25) is 4.99 Å². The minimum Gasteiger partial charge on any atom is -0.493 e. The molecule has 0 bridgehead atoms. The number of rotatable bonds is 7. The third-order valence-electron chi connectivity index (χ3n) is 4.14. The molecule has 1 unspecified atom stereocenters. The number of carbonyl (C=O) groups excluding carboxylic acids is 1. The van der Waals surface area contributed by atoms with E-state index in [0.29, 0.717) is 18.7 Å². The molecular weight excluding hydrogens is 342 g/mol. The third kappa shape index (κ3) is 6.62. The molecule has 1 atom stereocenters. The lowest BCUT2D eigenvalue weighted by atomic mass is 9.89. The number of nitrogens with one attached hydrogen (secondary N) is 1. The number of anilines is 1. The first kappa shape index (κ1) is 20.8. The summed E-state index contributed by atoms with van der Waals surface area (Å²) >= 11 is 0. The van der Waals surface area contributed by atoms with Crippen molar-refractivity contribution < 1.29 is 14.3 Å². The van der Waals surface area contributed by atoms with E-state index in [9.17, 15) is 4.79 Å². The number of ether oxygens (including phenoxy) is 2. The van der Waals surface area contributed by atoms with Gasteiger partial charge in [-0.05, 0) is 69.7 Å². The lowest BCUT2D eigenvalue weighted by molar-refractivity contribution is -0.145. The second-order valence-electron chi connectivity index (χ2n) is 7.67. The molecule has 6 nitrogen and oxygen atoms in total. The van der Waals surface area contributed by atoms with E-state index in [1.54, 1.807) is 0 Å². The maximum atomic E-state index is 11.8. The van der Waals surface area contributed by atoms with Gasteiger partial charge in [-0.15, -0.1) is 0 Å². The van der Waals surface area contributed by atoms with Crippen LogP contribution in [0.25, 0.3) is 0 Å². The van der Waals surface area contributed by atoms with Gasteiger partial charge in [-0.2, -0.15) is 0 Å². The smallest absolute Gasteiger partial charge is 0.349 e. The van der Waals surface area contributed by atoms with Gasteiger partial charge in [-0.25, -0.2) is 4.79 Å². The number of esters is 1. The van der Waals surface area contributed by atoms with Crippen molar-refractivity contribution in [2.75, 3.05) is 18.5 Å². The van der Waals surface area contributed by atoms with Crippen molar-refractivity contribution >= 4 is 17.9 Å². The monoisotopic (exact) mass is 373 g/mol. The summed E-state index contributed by atoms with van der Waals surface area (Å²) < 4.78 is 11.0. The Kier molecular flexibility index (Phi) is 7.28. The van der Waals surface area contributed by atoms with Crippen LogP contribution in [-0.2, 0) is 9.53 Å². The Hall–Kier alpha value is -2.50. The van der Waals surface area contributed by atoms with Gasteiger partial charge in [0.25, 0.3) is 0 Å². The van der Waals surface area contributed by atoms with Gasteiger partial charge in [0, 0.05) is 18.4 Å². The van der Waals surface area contributed by atoms with Gasteiger partial charge in [0.1, 0.15) is 17.6 Å². The van der Waals surface area contributed by atoms with Crippen molar-refractivity contribution in [2.45, 2.75) is 58.5 Å². The van der Waals surface area contributed by atoms with Crippen LogP contribution in [0.4, 0.5) is 5.69 Å². The molecule has 27 heavy (non-hydrogen) atoms. The predicted molar refractivity (Wildman–Crippen MR) is 109 cm³/mol. The van der Waals surface area contributed by atoms with Gasteiger partial charge in [0.2, 0.25) is 0 Å². The summed E-state index contributed by atoms with van der Waals surface area (Å²) in [6.45, 7) is 9.19. The van der Waals surface area contributed by atoms with E-state index < -0.39 is 11.6 Å². The zero-order valence-electron chi connectivity index (χ0n) is 16.7. The standard InChI is InChI=1S/C21H31N3O3/c1-5-9-23-16-6-7-19-18(12-16)15(8-10-26-19)11-17(13-22)24-14-20(25)27-21(2,3)4/h6-7,12-15,23H,5,8-11,22H2,1-4H3/b17-13-,24-14+. The molecule has 0 fully saturated rings. The summed E-state index contributed by atoms with van der Waals surface area (Å²) in [5.41, 5.74) is 8.09. The van der Waals surface area contributed by atoms with Crippen molar-refractivity contribution in [3.05, 3.63) is 35.7 Å². The Bertz CT molecular complexity index is 705. The Labute approximate surface area is 161 Å². The molecule has 148 valence electrons. The fraction of sp³-hybridized carbons (Fsp3) is 0.524. The molecule has 1 aliphatic rings. The number of fused-ring (bicyclic) bond motifs is 1. The van der Waals surface area contributed by atoms with Crippen LogP contribution in [0.2, 0.25) is 0 Å². The average molecular weight is 373 g/mol. The normalized spacial score (nSPS) is 17.3. The van der Waals surface area contributed by atoms with Crippen LogP contribution in [0.1, 0.15) is 58.4 Å². The molecule has 0 saturated carbocycles. The van der Waals surface area contributed by atoms with Crippen LogP contribution in [0.5, 0.6) is 5.75 Å². The van der Waals surface area contributed by atoms with Crippen LogP contribution < -0.4 is 15.8 Å². The first-order valence-corrected chi connectivity index (χ1v) is 9.51. The molecule has 0 spiro atoms. The third-order valence-corrected chi connectivity index (χ3v) is 4.14. The number of allylic oxidation sites excluding steroid dienone is 1. The second-order valence-corrected chi connectivity index (χ2v) is 7.67. The number of aliphatic imine (C=N–C) groups is 1. The summed E-state index contributed by atoms with van der Waals surface area (Å²) in [6.07, 6.45) is 5.24. The van der Waals surface area contributed by atoms with E-state index in [-0.39, 0.29) is 5.92 Å². The first-order valence-electron chi connectivity index (χ1n) is 9.51. The molecule has 0 amide bonds. The van der Waals surface area contributed by atoms with Gasteiger partial charge >= 0.3 is 5.97 Å². The average Bonchev–Trinajstić information content (AvgIpc) is 2.62. The van der Waals surface area contributed by atoms with Crippen LogP contribution in [0.3, 0.4) is 0 Å². The lowest BCUT2D eigenvalue weighted by Gasteiger charge is -2.26. The van der Waals surface area contributed by atoms with E-state index in [1.807, 2.05) is 32.9 Å². The van der Waals surface area contributed by atoms with E-state index in [0.717, 1.165) is 36.4 Å². The van der Waals surface area contributed by atoms with Crippen LogP contribution in [-0.4, -0.2) is 30.9 Å². The lowest BCUT2D eigenvalue weighted by Crippen LogP contribution is -2.24. The molecule has 0 aliphatic carbocycles. The molecule has 1 aromatic carbocycles. The van der Waals surface area contributed by atoms with Gasteiger partial charge in [0.05, 0.1) is 12.3 Å². The highest BCUT2D eigenvalue weighted by Gasteiger charge is 2.23. The highest BCUT2D eigenvalue weighted by molar-refractivity contribution is 6.23. The molecule has 2 rings (SSSR count). The van der Waals surface area contributed by atoms with E-state index in [1.165, 1.54) is 12.4 Å². The van der Waals surface area contributed by atoms with Gasteiger partial charge in [0.15, 0.2) is 0 Å². The van der Waals surface area contributed by atoms with Crippen molar-refractivity contribution in [3.8, 4) is 5.75 Å². The van der Waals surface area contributed by atoms with E-state index in [2.05, 4.69) is 23.3 Å². The molecule has 1 aromatic rings. The predicted octanol–water partition coefficient (Wildman–Crippen LogP) is 3.98. The Morgan fingerprint density at radius 1 is 1.44 bits per heavy atom. The summed E-state index contributed by atoms with van der Waals surface area (Å²) in [4.78, 5) is 16.1. The second kappa shape index (κ2) is 9.44. The SMILES string of the molecule is CCCNc1ccc2c(c1)C(CC(=C/N)/N=C/C(=O)OC(C)(C)C)CCO2. The van der Waals surface area contributed by atoms with Crippen molar-refractivity contribution in [2.24, 2.45) is 10.7 Å². The maximum Gasteiger partial charge on any atom is 0.349 e. The number of hydrogen-bond acceptors (Lipinski definition) is 6. The topological polar surface area (TPSA) is 85.9 Å². The Morgan fingerprint density at radius 3 is 2.89 bits per heavy atom. The number of carbonyl (C=O) groups is 1. The van der Waals surface area contributed by atoms with Crippen molar-refractivity contribution in [3.63, 3.8) is 0 Å². The van der Waals surface area contributed by atoms with Crippen LogP contribution in [0.15, 0.2) is 35.1 Å². The van der Waals surface area contributed by atoms with Gasteiger partial charge in [-0.1, -0.05) is 6.92 Å². The fourth-order valence-electron chi connectivity index (χ4n) is 2.94. The summed E-state index contributed by atoms with van der Waals surface area (Å²) in [5.74, 6) is 0.670. The molecule has 1 heterocycles. The van der Waals surface area contributed by atoms with Crippen LogP contribution >= 0.6 is 0 Å². The number of benzene rings is 1. The van der Waals surface area contributed by atoms with Crippen LogP contribution in [0, 0.1) is 0 Å². The molecular formula is C21H31N3O3. The number of hydrogen-bond donors (Lipinski definition) is 2. The zero-order chi connectivity index (χ0) is 19.9. The minimum atomic E-state index is -0.544. The van der Waals surface area contributed by atoms with Crippen molar-refractivity contribution in [1.82, 2.24) is 0 Å². The zero-order valence-corrected chi connectivity index (χ0v) is 16.7.